The number of aryl methyl sites for hydroxylation is 1. The molecule has 3 N–H and O–H groups in total. The molecular weight excluding hydrogens is 260 g/mol. The van der Waals surface area contributed by atoms with Gasteiger partial charge in [-0.15, -0.1) is 0 Å². The minimum Gasteiger partial charge on any atom is -0.399 e. The summed E-state index contributed by atoms with van der Waals surface area (Å²) in [6.07, 6.45) is 4.05. The van der Waals surface area contributed by atoms with Crippen molar-refractivity contribution in [3.63, 3.8) is 0 Å². The van der Waals surface area contributed by atoms with Crippen molar-refractivity contribution in [2.24, 2.45) is 5.41 Å². The molecule has 0 unspecified atom stereocenters. The summed E-state index contributed by atoms with van der Waals surface area (Å²) in [7, 11) is -3.46. The average Bonchev–Trinajstić information content (AvgIpc) is 2.34. The first kappa shape index (κ1) is 14.3. The van der Waals surface area contributed by atoms with E-state index in [4.69, 9.17) is 5.73 Å². The number of nitrogens with two attached hydrogens (primary N) is 1. The molecule has 1 aromatic carbocycles. The van der Waals surface area contributed by atoms with Gasteiger partial charge in [0.1, 0.15) is 0 Å². The zero-order valence-electron chi connectivity index (χ0n) is 11.6. The Morgan fingerprint density at radius 3 is 2.58 bits per heavy atom. The lowest BCUT2D eigenvalue weighted by Gasteiger charge is -2.38. The molecule has 5 heteroatoms. The van der Waals surface area contributed by atoms with Crippen molar-refractivity contribution >= 4 is 15.7 Å². The quantitative estimate of drug-likeness (QED) is 0.814. The Kier molecular flexibility index (Phi) is 3.87. The lowest BCUT2D eigenvalue weighted by atomic mass is 9.71. The number of nitrogen functional groups attached to an aromatic ring is 1. The maximum Gasteiger partial charge on any atom is 0.240 e. The zero-order chi connectivity index (χ0) is 14.1. The van der Waals surface area contributed by atoms with Gasteiger partial charge in [0.2, 0.25) is 10.0 Å². The van der Waals surface area contributed by atoms with Crippen molar-refractivity contribution in [3.05, 3.63) is 23.8 Å². The van der Waals surface area contributed by atoms with Crippen molar-refractivity contribution < 1.29 is 8.42 Å². The first-order valence-corrected chi connectivity index (χ1v) is 8.23. The normalized spacial score (nSPS) is 18.0. The number of hydrogen-bond donors (Lipinski definition) is 2. The van der Waals surface area contributed by atoms with Gasteiger partial charge in [0.05, 0.1) is 4.90 Å². The van der Waals surface area contributed by atoms with Gasteiger partial charge in [0, 0.05) is 12.2 Å². The Bertz CT molecular complexity index is 563. The predicted molar refractivity (Wildman–Crippen MR) is 77.4 cm³/mol. The Morgan fingerprint density at radius 2 is 2.05 bits per heavy atom. The molecule has 0 bridgehead atoms. The van der Waals surface area contributed by atoms with Crippen molar-refractivity contribution in [2.45, 2.75) is 44.4 Å². The summed E-state index contributed by atoms with van der Waals surface area (Å²) in [6.45, 7) is 4.57. The van der Waals surface area contributed by atoms with E-state index in [1.54, 1.807) is 18.2 Å². The highest BCUT2D eigenvalue weighted by molar-refractivity contribution is 7.89. The van der Waals surface area contributed by atoms with E-state index in [2.05, 4.69) is 11.6 Å². The summed E-state index contributed by atoms with van der Waals surface area (Å²) in [5.41, 5.74) is 7.12. The number of hydrogen-bond acceptors (Lipinski definition) is 3. The number of rotatable bonds is 5. The SMILES string of the molecule is CCc1ccc(N)cc1S(=O)(=O)NCC1(C)CCC1. The number of benzene rings is 1. The van der Waals surface area contributed by atoms with Crippen molar-refractivity contribution in [2.75, 3.05) is 12.3 Å². The van der Waals surface area contributed by atoms with E-state index >= 15 is 0 Å². The number of sulfonamides is 1. The first-order valence-electron chi connectivity index (χ1n) is 6.74. The van der Waals surface area contributed by atoms with Crippen LogP contribution in [0.25, 0.3) is 0 Å². The first-order chi connectivity index (χ1) is 8.86. The fourth-order valence-corrected chi connectivity index (χ4v) is 3.96. The molecule has 106 valence electrons. The average molecular weight is 282 g/mol. The van der Waals surface area contributed by atoms with Crippen LogP contribution in [0, 0.1) is 5.41 Å². The topological polar surface area (TPSA) is 72.2 Å². The second-order valence-corrected chi connectivity index (χ2v) is 7.44. The van der Waals surface area contributed by atoms with Gasteiger partial charge in [0.25, 0.3) is 0 Å². The molecule has 0 heterocycles. The van der Waals surface area contributed by atoms with Gasteiger partial charge in [-0.3, -0.25) is 0 Å². The Hall–Kier alpha value is -1.07. The van der Waals surface area contributed by atoms with E-state index in [0.717, 1.165) is 18.4 Å². The molecule has 0 amide bonds. The second kappa shape index (κ2) is 5.13. The third-order valence-electron chi connectivity index (χ3n) is 4.01. The Balaban J connectivity index is 2.21. The smallest absolute Gasteiger partial charge is 0.240 e. The predicted octanol–water partition coefficient (Wildman–Crippen LogP) is 2.30. The van der Waals surface area contributed by atoms with E-state index in [-0.39, 0.29) is 5.41 Å². The highest BCUT2D eigenvalue weighted by atomic mass is 32.2. The summed E-state index contributed by atoms with van der Waals surface area (Å²) < 4.78 is 27.5. The lowest BCUT2D eigenvalue weighted by molar-refractivity contribution is 0.166. The van der Waals surface area contributed by atoms with E-state index in [1.165, 1.54) is 6.42 Å². The largest absolute Gasteiger partial charge is 0.399 e. The summed E-state index contributed by atoms with van der Waals surface area (Å²) >= 11 is 0. The fraction of sp³-hybridized carbons (Fsp3) is 0.571. The van der Waals surface area contributed by atoms with Crippen LogP contribution >= 0.6 is 0 Å². The lowest BCUT2D eigenvalue weighted by Crippen LogP contribution is -2.40. The molecule has 0 aromatic heterocycles. The van der Waals surface area contributed by atoms with Crippen LogP contribution in [0.4, 0.5) is 5.69 Å². The molecule has 0 saturated heterocycles. The fourth-order valence-electron chi connectivity index (χ4n) is 2.42. The molecule has 0 aliphatic heterocycles. The van der Waals surface area contributed by atoms with Gasteiger partial charge in [-0.2, -0.15) is 0 Å². The maximum atomic E-state index is 12.4. The summed E-state index contributed by atoms with van der Waals surface area (Å²) in [4.78, 5) is 0.318. The van der Waals surface area contributed by atoms with Crippen LogP contribution in [0.15, 0.2) is 23.1 Å². The molecule has 1 aromatic rings. The highest BCUT2D eigenvalue weighted by Crippen LogP contribution is 2.39. The van der Waals surface area contributed by atoms with Gasteiger partial charge in [-0.1, -0.05) is 26.3 Å². The molecule has 1 saturated carbocycles. The molecule has 19 heavy (non-hydrogen) atoms. The van der Waals surface area contributed by atoms with Crippen molar-refractivity contribution in [1.82, 2.24) is 4.72 Å². The molecule has 1 aliphatic carbocycles. The third kappa shape index (κ3) is 3.09. The summed E-state index contributed by atoms with van der Waals surface area (Å²) in [6, 6.07) is 5.07. The molecule has 1 aliphatic rings. The van der Waals surface area contributed by atoms with Crippen LogP contribution in [-0.2, 0) is 16.4 Å². The standard InChI is InChI=1S/C14H22N2O2S/c1-3-11-5-6-12(15)9-13(11)19(17,18)16-10-14(2)7-4-8-14/h5-6,9,16H,3-4,7-8,10,15H2,1-2H3. The van der Waals surface area contributed by atoms with Crippen LogP contribution in [-0.4, -0.2) is 15.0 Å². The second-order valence-electron chi connectivity index (χ2n) is 5.71. The molecule has 0 atom stereocenters. The molecule has 4 nitrogen and oxygen atoms in total. The van der Waals surface area contributed by atoms with Gasteiger partial charge in [0.15, 0.2) is 0 Å². The zero-order valence-corrected chi connectivity index (χ0v) is 12.4. The Morgan fingerprint density at radius 1 is 1.37 bits per heavy atom. The molecule has 1 fully saturated rings. The van der Waals surface area contributed by atoms with E-state index in [0.29, 0.717) is 23.5 Å². The summed E-state index contributed by atoms with van der Waals surface area (Å²) in [5, 5.41) is 0. The van der Waals surface area contributed by atoms with Gasteiger partial charge < -0.3 is 5.73 Å². The van der Waals surface area contributed by atoms with Crippen molar-refractivity contribution in [1.29, 1.82) is 0 Å². The molecule has 0 spiro atoms. The van der Waals surface area contributed by atoms with Crippen LogP contribution < -0.4 is 10.5 Å². The van der Waals surface area contributed by atoms with E-state index < -0.39 is 10.0 Å². The van der Waals surface area contributed by atoms with Gasteiger partial charge in [-0.05, 0) is 42.4 Å². The van der Waals surface area contributed by atoms with E-state index in [1.807, 2.05) is 6.92 Å². The van der Waals surface area contributed by atoms with Crippen molar-refractivity contribution in [3.8, 4) is 0 Å². The van der Waals surface area contributed by atoms with Gasteiger partial charge in [-0.25, -0.2) is 13.1 Å². The van der Waals surface area contributed by atoms with Crippen LogP contribution in [0.3, 0.4) is 0 Å². The van der Waals surface area contributed by atoms with Crippen LogP contribution in [0.2, 0.25) is 0 Å². The van der Waals surface area contributed by atoms with Crippen LogP contribution in [0.5, 0.6) is 0 Å². The van der Waals surface area contributed by atoms with Crippen LogP contribution in [0.1, 0.15) is 38.7 Å². The monoisotopic (exact) mass is 282 g/mol. The third-order valence-corrected chi connectivity index (χ3v) is 5.49. The number of anilines is 1. The van der Waals surface area contributed by atoms with Gasteiger partial charge >= 0.3 is 0 Å². The molecular formula is C14H22N2O2S. The number of nitrogens with one attached hydrogen (secondary N) is 1. The molecule has 2 rings (SSSR count). The van der Waals surface area contributed by atoms with E-state index in [9.17, 15) is 8.42 Å². The summed E-state index contributed by atoms with van der Waals surface area (Å²) in [5.74, 6) is 0. The minimum absolute atomic E-state index is 0.125. The minimum atomic E-state index is -3.46. The Labute approximate surface area is 115 Å². The molecule has 0 radical (unpaired) electrons. The highest BCUT2D eigenvalue weighted by Gasteiger charge is 2.33. The maximum absolute atomic E-state index is 12.4.